The van der Waals surface area contributed by atoms with Crippen molar-refractivity contribution in [2.45, 2.75) is 44.0 Å². The normalized spacial score (nSPS) is 12.0. The lowest BCUT2D eigenvalue weighted by Crippen LogP contribution is -2.26. The van der Waals surface area contributed by atoms with Gasteiger partial charge in [0.1, 0.15) is 4.90 Å². The van der Waals surface area contributed by atoms with Gasteiger partial charge in [0.15, 0.2) is 0 Å². The second-order valence-electron chi connectivity index (χ2n) is 7.21. The van der Waals surface area contributed by atoms with Gasteiger partial charge in [0, 0.05) is 24.7 Å². The smallest absolute Gasteiger partial charge is 0.243 e. The number of nitrogens with one attached hydrogen (secondary N) is 1. The van der Waals surface area contributed by atoms with E-state index in [1.807, 2.05) is 50.2 Å². The van der Waals surface area contributed by atoms with Crippen molar-refractivity contribution >= 4 is 10.0 Å². The molecule has 2 aromatic carbocycles. The van der Waals surface area contributed by atoms with E-state index in [1.165, 1.54) is 11.1 Å². The molecule has 3 aromatic rings. The molecule has 5 nitrogen and oxygen atoms in total. The van der Waals surface area contributed by atoms with E-state index in [9.17, 15) is 8.42 Å². The average molecular weight is 398 g/mol. The molecule has 1 aromatic heterocycles. The molecule has 0 unspecified atom stereocenters. The maximum atomic E-state index is 12.8. The Morgan fingerprint density at radius 3 is 1.96 bits per heavy atom. The summed E-state index contributed by atoms with van der Waals surface area (Å²) in [4.78, 5) is 0.247. The van der Waals surface area contributed by atoms with Crippen molar-refractivity contribution in [3.63, 3.8) is 0 Å². The summed E-state index contributed by atoms with van der Waals surface area (Å²) >= 11 is 0. The van der Waals surface area contributed by atoms with Crippen molar-refractivity contribution < 1.29 is 8.42 Å². The molecule has 3 rings (SSSR count). The highest BCUT2D eigenvalue weighted by Crippen LogP contribution is 2.27. The van der Waals surface area contributed by atoms with Gasteiger partial charge in [-0.25, -0.2) is 13.1 Å². The van der Waals surface area contributed by atoms with E-state index in [2.05, 4.69) is 34.1 Å². The number of aromatic nitrogens is 2. The Kier molecular flexibility index (Phi) is 6.31. The van der Waals surface area contributed by atoms with E-state index in [-0.39, 0.29) is 16.9 Å². The minimum atomic E-state index is -3.60. The SMILES string of the molecule is Cc1nn(C(C)C)cc1S(=O)(=O)NCCC(c1ccccc1)c1ccccc1. The van der Waals surface area contributed by atoms with Crippen molar-refractivity contribution in [2.24, 2.45) is 0 Å². The quantitative estimate of drug-likeness (QED) is 0.617. The first-order chi connectivity index (χ1) is 13.4. The van der Waals surface area contributed by atoms with Gasteiger partial charge < -0.3 is 0 Å². The van der Waals surface area contributed by atoms with Crippen molar-refractivity contribution in [2.75, 3.05) is 6.54 Å². The number of nitrogens with zero attached hydrogens (tertiary/aromatic N) is 2. The van der Waals surface area contributed by atoms with Crippen LogP contribution in [0, 0.1) is 6.92 Å². The van der Waals surface area contributed by atoms with E-state index < -0.39 is 10.0 Å². The molecule has 0 aliphatic carbocycles. The third-order valence-electron chi connectivity index (χ3n) is 4.82. The molecule has 1 heterocycles. The van der Waals surface area contributed by atoms with Gasteiger partial charge in [-0.2, -0.15) is 5.10 Å². The van der Waals surface area contributed by atoms with Gasteiger partial charge in [-0.3, -0.25) is 4.68 Å². The molecule has 28 heavy (non-hydrogen) atoms. The highest BCUT2D eigenvalue weighted by atomic mass is 32.2. The van der Waals surface area contributed by atoms with Crippen molar-refractivity contribution in [3.05, 3.63) is 83.7 Å². The van der Waals surface area contributed by atoms with Crippen LogP contribution in [0.4, 0.5) is 0 Å². The molecule has 0 saturated heterocycles. The highest BCUT2D eigenvalue weighted by molar-refractivity contribution is 7.89. The van der Waals surface area contributed by atoms with Crippen LogP contribution >= 0.6 is 0 Å². The van der Waals surface area contributed by atoms with Crippen molar-refractivity contribution in [3.8, 4) is 0 Å². The third kappa shape index (κ3) is 4.69. The van der Waals surface area contributed by atoms with E-state index in [4.69, 9.17) is 0 Å². The number of hydrogen-bond donors (Lipinski definition) is 1. The van der Waals surface area contributed by atoms with Crippen LogP contribution in [-0.2, 0) is 10.0 Å². The van der Waals surface area contributed by atoms with Gasteiger partial charge in [-0.05, 0) is 38.3 Å². The van der Waals surface area contributed by atoms with Gasteiger partial charge in [0.2, 0.25) is 10.0 Å². The Labute approximate surface area is 167 Å². The second kappa shape index (κ2) is 8.71. The zero-order valence-electron chi connectivity index (χ0n) is 16.5. The highest BCUT2D eigenvalue weighted by Gasteiger charge is 2.22. The molecule has 0 amide bonds. The lowest BCUT2D eigenvalue weighted by atomic mass is 9.89. The summed E-state index contributed by atoms with van der Waals surface area (Å²) < 4.78 is 30.0. The lowest BCUT2D eigenvalue weighted by molar-refractivity contribution is 0.528. The van der Waals surface area contributed by atoms with Gasteiger partial charge in [0.25, 0.3) is 0 Å². The summed E-state index contributed by atoms with van der Waals surface area (Å²) in [6, 6.07) is 20.5. The molecule has 0 saturated carbocycles. The molecule has 0 fully saturated rings. The zero-order valence-corrected chi connectivity index (χ0v) is 17.4. The molecular weight excluding hydrogens is 370 g/mol. The number of aryl methyl sites for hydroxylation is 1. The lowest BCUT2D eigenvalue weighted by Gasteiger charge is -2.18. The Hall–Kier alpha value is -2.44. The molecule has 0 aliphatic rings. The van der Waals surface area contributed by atoms with Crippen molar-refractivity contribution in [1.82, 2.24) is 14.5 Å². The maximum absolute atomic E-state index is 12.8. The predicted octanol–water partition coefficient (Wildman–Crippen LogP) is 4.27. The molecule has 1 N–H and O–H groups in total. The Morgan fingerprint density at radius 1 is 0.964 bits per heavy atom. The second-order valence-corrected chi connectivity index (χ2v) is 8.95. The van der Waals surface area contributed by atoms with Gasteiger partial charge in [-0.15, -0.1) is 0 Å². The first-order valence-electron chi connectivity index (χ1n) is 9.54. The summed E-state index contributed by atoms with van der Waals surface area (Å²) in [6.45, 7) is 6.02. The van der Waals surface area contributed by atoms with Crippen LogP contribution in [0.15, 0.2) is 71.8 Å². The van der Waals surface area contributed by atoms with E-state index in [1.54, 1.807) is 17.8 Å². The first-order valence-corrected chi connectivity index (χ1v) is 11.0. The fourth-order valence-electron chi connectivity index (χ4n) is 3.31. The molecule has 0 aliphatic heterocycles. The van der Waals surface area contributed by atoms with Crippen LogP contribution in [0.5, 0.6) is 0 Å². The largest absolute Gasteiger partial charge is 0.269 e. The number of benzene rings is 2. The Bertz CT molecular complexity index is 957. The van der Waals surface area contributed by atoms with Gasteiger partial charge >= 0.3 is 0 Å². The van der Waals surface area contributed by atoms with Gasteiger partial charge in [0.05, 0.1) is 5.69 Å². The summed E-state index contributed by atoms with van der Waals surface area (Å²) in [6.07, 6.45) is 2.28. The van der Waals surface area contributed by atoms with Crippen LogP contribution < -0.4 is 4.72 Å². The molecule has 0 spiro atoms. The fraction of sp³-hybridized carbons (Fsp3) is 0.318. The molecule has 0 radical (unpaired) electrons. The van der Waals surface area contributed by atoms with Crippen LogP contribution in [-0.4, -0.2) is 24.7 Å². The molecular formula is C22H27N3O2S. The summed E-state index contributed by atoms with van der Waals surface area (Å²) in [7, 11) is -3.60. The summed E-state index contributed by atoms with van der Waals surface area (Å²) in [5.74, 6) is 0.129. The Morgan fingerprint density at radius 2 is 1.50 bits per heavy atom. The van der Waals surface area contributed by atoms with Crippen LogP contribution in [0.25, 0.3) is 0 Å². The van der Waals surface area contributed by atoms with Crippen molar-refractivity contribution in [1.29, 1.82) is 0 Å². The molecule has 0 bridgehead atoms. The fourth-order valence-corrected chi connectivity index (χ4v) is 4.52. The van der Waals surface area contributed by atoms with Crippen LogP contribution in [0.2, 0.25) is 0 Å². The average Bonchev–Trinajstić information content (AvgIpc) is 3.10. The minimum absolute atomic E-state index is 0.114. The van der Waals surface area contributed by atoms with E-state index >= 15 is 0 Å². The van der Waals surface area contributed by atoms with E-state index in [0.29, 0.717) is 18.7 Å². The van der Waals surface area contributed by atoms with Crippen LogP contribution in [0.1, 0.15) is 49.0 Å². The summed E-state index contributed by atoms with van der Waals surface area (Å²) in [5.41, 5.74) is 2.87. The third-order valence-corrected chi connectivity index (χ3v) is 6.38. The van der Waals surface area contributed by atoms with E-state index in [0.717, 1.165) is 0 Å². The number of rotatable bonds is 8. The molecule has 6 heteroatoms. The first kappa shape index (κ1) is 20.3. The maximum Gasteiger partial charge on any atom is 0.243 e. The van der Waals surface area contributed by atoms with Gasteiger partial charge in [-0.1, -0.05) is 60.7 Å². The number of sulfonamides is 1. The monoisotopic (exact) mass is 397 g/mol. The standard InChI is InChI=1S/C22H27N3O2S/c1-17(2)25-16-22(18(3)24-25)28(26,27)23-15-14-21(19-10-6-4-7-11-19)20-12-8-5-9-13-20/h4-13,16-17,21,23H,14-15H2,1-3H3. The number of hydrogen-bond acceptors (Lipinski definition) is 3. The van der Waals surface area contributed by atoms with Crippen LogP contribution in [0.3, 0.4) is 0 Å². The topological polar surface area (TPSA) is 64.0 Å². The molecule has 0 atom stereocenters. The predicted molar refractivity (Wildman–Crippen MR) is 112 cm³/mol. The zero-order chi connectivity index (χ0) is 20.1. The Balaban J connectivity index is 1.75. The molecule has 148 valence electrons. The summed E-state index contributed by atoms with van der Waals surface area (Å²) in [5, 5.41) is 4.31. The minimum Gasteiger partial charge on any atom is -0.269 e.